The second-order valence-electron chi connectivity index (χ2n) is 2.58. The van der Waals surface area contributed by atoms with Crippen molar-refractivity contribution in [1.82, 2.24) is 0 Å². The van der Waals surface area contributed by atoms with Gasteiger partial charge in [0.25, 0.3) is 0 Å². The smallest absolute Gasteiger partial charge is 0.438 e. The van der Waals surface area contributed by atoms with Gasteiger partial charge in [-0.3, -0.25) is 0 Å². The normalized spacial score (nSPS) is 10.1. The fraction of sp³-hybridized carbons (Fsp3) is 0.182. The highest BCUT2D eigenvalue weighted by atomic mass is 16.7. The molecule has 0 amide bonds. The number of carbonyl (C=O) groups excluding carboxylic acids is 1. The molecule has 0 saturated carbocycles. The zero-order chi connectivity index (χ0) is 10.2. The van der Waals surface area contributed by atoms with Crippen LogP contribution in [0.4, 0.5) is 4.79 Å². The zero-order valence-corrected chi connectivity index (χ0v) is 7.97. The molecule has 0 atom stereocenters. The maximum Gasteiger partial charge on any atom is 0.508 e. The van der Waals surface area contributed by atoms with E-state index in [9.17, 15) is 4.79 Å². The molecule has 0 aliphatic heterocycles. The molecule has 0 aliphatic rings. The van der Waals surface area contributed by atoms with Gasteiger partial charge in [0.2, 0.25) is 0 Å². The first-order chi connectivity index (χ1) is 6.83. The Morgan fingerprint density at radius 3 is 2.71 bits per heavy atom. The maximum absolute atomic E-state index is 10.5. The largest absolute Gasteiger partial charge is 0.508 e. The Morgan fingerprint density at radius 2 is 2.07 bits per heavy atom. The zero-order valence-electron chi connectivity index (χ0n) is 7.97. The van der Waals surface area contributed by atoms with Crippen molar-refractivity contribution >= 4 is 12.2 Å². The van der Waals surface area contributed by atoms with Crippen LogP contribution in [-0.4, -0.2) is 19.9 Å². The summed E-state index contributed by atoms with van der Waals surface area (Å²) in [5.41, 5.74) is 1.07. The fourth-order valence-electron chi connectivity index (χ4n) is 0.923. The minimum absolute atomic E-state index is 0.224. The third-order valence-corrected chi connectivity index (χ3v) is 1.57. The van der Waals surface area contributed by atoms with Gasteiger partial charge in [-0.05, 0) is 11.6 Å². The summed E-state index contributed by atoms with van der Waals surface area (Å²) in [4.78, 5) is 10.5. The number of methoxy groups -OCH3 is 1. The van der Waals surface area contributed by atoms with E-state index in [0.29, 0.717) is 0 Å². The molecule has 0 saturated heterocycles. The number of benzene rings is 1. The van der Waals surface area contributed by atoms with Crippen molar-refractivity contribution in [2.45, 2.75) is 0 Å². The number of ether oxygens (including phenoxy) is 2. The Kier molecular flexibility index (Phi) is 4.27. The summed E-state index contributed by atoms with van der Waals surface area (Å²) in [5.74, 6) is 0. The third kappa shape index (κ3) is 3.76. The van der Waals surface area contributed by atoms with Gasteiger partial charge in [0.05, 0.1) is 7.11 Å². The third-order valence-electron chi connectivity index (χ3n) is 1.57. The molecule has 0 N–H and O–H groups in total. The number of hydrogen-bond donors (Lipinski definition) is 0. The Bertz CT molecular complexity index is 304. The van der Waals surface area contributed by atoms with Gasteiger partial charge in [0, 0.05) is 0 Å². The van der Waals surface area contributed by atoms with Gasteiger partial charge in [-0.15, -0.1) is 0 Å². The molecule has 0 heterocycles. The van der Waals surface area contributed by atoms with Crippen LogP contribution in [0.2, 0.25) is 0 Å². The molecule has 74 valence electrons. The molecule has 1 aromatic rings. The van der Waals surface area contributed by atoms with Gasteiger partial charge >= 0.3 is 6.16 Å². The second kappa shape index (κ2) is 5.80. The molecule has 0 bridgehead atoms. The summed E-state index contributed by atoms with van der Waals surface area (Å²) in [7, 11) is 1.28. The van der Waals surface area contributed by atoms with E-state index in [1.807, 2.05) is 36.4 Å². The van der Waals surface area contributed by atoms with Gasteiger partial charge in [0.15, 0.2) is 0 Å². The summed E-state index contributed by atoms with van der Waals surface area (Å²) in [6.45, 7) is 0.224. The molecule has 0 spiro atoms. The van der Waals surface area contributed by atoms with Gasteiger partial charge in [-0.2, -0.15) is 0 Å². The highest BCUT2D eigenvalue weighted by Gasteiger charge is 1.95. The Labute approximate surface area is 83.0 Å². The second-order valence-corrected chi connectivity index (χ2v) is 2.58. The van der Waals surface area contributed by atoms with Crippen molar-refractivity contribution in [2.24, 2.45) is 0 Å². The van der Waals surface area contributed by atoms with Crippen LogP contribution in [-0.2, 0) is 9.47 Å². The van der Waals surface area contributed by atoms with Crippen LogP contribution < -0.4 is 0 Å². The molecule has 0 unspecified atom stereocenters. The first-order valence-electron chi connectivity index (χ1n) is 4.25. The quantitative estimate of drug-likeness (QED) is 0.690. The summed E-state index contributed by atoms with van der Waals surface area (Å²) < 4.78 is 8.97. The van der Waals surface area contributed by atoms with E-state index in [1.165, 1.54) is 7.11 Å². The van der Waals surface area contributed by atoms with Crippen LogP contribution >= 0.6 is 0 Å². The summed E-state index contributed by atoms with van der Waals surface area (Å²) in [6, 6.07) is 9.77. The van der Waals surface area contributed by atoms with Gasteiger partial charge in [-0.25, -0.2) is 4.79 Å². The number of carbonyl (C=O) groups is 1. The maximum atomic E-state index is 10.5. The molecular formula is C11H12O3. The fourth-order valence-corrected chi connectivity index (χ4v) is 0.923. The SMILES string of the molecule is COC(=O)OC/C=C\c1ccccc1. The predicted octanol–water partition coefficient (Wildman–Crippen LogP) is 2.48. The Hall–Kier alpha value is -1.77. The number of hydrogen-bond acceptors (Lipinski definition) is 3. The molecule has 0 aliphatic carbocycles. The van der Waals surface area contributed by atoms with Crippen molar-refractivity contribution in [3.63, 3.8) is 0 Å². The lowest BCUT2D eigenvalue weighted by Gasteiger charge is -1.97. The average Bonchev–Trinajstić information content (AvgIpc) is 2.25. The molecule has 0 radical (unpaired) electrons. The van der Waals surface area contributed by atoms with Crippen LogP contribution in [0.25, 0.3) is 6.08 Å². The minimum Gasteiger partial charge on any atom is -0.438 e. The van der Waals surface area contributed by atoms with E-state index in [-0.39, 0.29) is 6.61 Å². The molecular weight excluding hydrogens is 180 g/mol. The molecule has 1 aromatic carbocycles. The standard InChI is InChI=1S/C11H12O3/c1-13-11(12)14-9-5-8-10-6-3-2-4-7-10/h2-8H,9H2,1H3/b8-5-. The monoisotopic (exact) mass is 192 g/mol. The molecule has 14 heavy (non-hydrogen) atoms. The lowest BCUT2D eigenvalue weighted by atomic mass is 10.2. The average molecular weight is 192 g/mol. The topological polar surface area (TPSA) is 35.5 Å². The van der Waals surface area contributed by atoms with Crippen LogP contribution in [0.5, 0.6) is 0 Å². The number of rotatable bonds is 3. The lowest BCUT2D eigenvalue weighted by Crippen LogP contribution is -2.03. The van der Waals surface area contributed by atoms with Gasteiger partial charge < -0.3 is 9.47 Å². The van der Waals surface area contributed by atoms with Crippen molar-refractivity contribution in [1.29, 1.82) is 0 Å². The van der Waals surface area contributed by atoms with Crippen molar-refractivity contribution in [3.8, 4) is 0 Å². The Morgan fingerprint density at radius 1 is 1.36 bits per heavy atom. The van der Waals surface area contributed by atoms with Crippen LogP contribution in [0.1, 0.15) is 5.56 Å². The molecule has 1 rings (SSSR count). The van der Waals surface area contributed by atoms with E-state index < -0.39 is 6.16 Å². The molecule has 0 aromatic heterocycles. The van der Waals surface area contributed by atoms with Crippen molar-refractivity contribution in [2.75, 3.05) is 13.7 Å². The minimum atomic E-state index is -0.664. The summed E-state index contributed by atoms with van der Waals surface area (Å²) in [5, 5.41) is 0. The Balaban J connectivity index is 2.31. The molecule has 3 heteroatoms. The van der Waals surface area contributed by atoms with Gasteiger partial charge in [0.1, 0.15) is 6.61 Å². The summed E-state index contributed by atoms with van der Waals surface area (Å²) >= 11 is 0. The van der Waals surface area contributed by atoms with Crippen molar-refractivity contribution < 1.29 is 14.3 Å². The molecule has 0 fully saturated rings. The molecule has 3 nitrogen and oxygen atoms in total. The van der Waals surface area contributed by atoms with E-state index in [0.717, 1.165) is 5.56 Å². The predicted molar refractivity (Wildman–Crippen MR) is 53.8 cm³/mol. The highest BCUT2D eigenvalue weighted by Crippen LogP contribution is 2.00. The van der Waals surface area contributed by atoms with Crippen LogP contribution in [0, 0.1) is 0 Å². The first-order valence-corrected chi connectivity index (χ1v) is 4.25. The highest BCUT2D eigenvalue weighted by molar-refractivity contribution is 5.60. The first kappa shape index (κ1) is 10.3. The van der Waals surface area contributed by atoms with Gasteiger partial charge in [-0.1, -0.05) is 36.4 Å². The van der Waals surface area contributed by atoms with Crippen LogP contribution in [0.15, 0.2) is 36.4 Å². The van der Waals surface area contributed by atoms with E-state index in [4.69, 9.17) is 0 Å². The summed E-state index contributed by atoms with van der Waals surface area (Å²) in [6.07, 6.45) is 2.97. The van der Waals surface area contributed by atoms with Crippen LogP contribution in [0.3, 0.4) is 0 Å². The van der Waals surface area contributed by atoms with E-state index in [2.05, 4.69) is 9.47 Å². The lowest BCUT2D eigenvalue weighted by molar-refractivity contribution is 0.0819. The van der Waals surface area contributed by atoms with E-state index >= 15 is 0 Å². The van der Waals surface area contributed by atoms with E-state index in [1.54, 1.807) is 6.08 Å². The van der Waals surface area contributed by atoms with Crippen molar-refractivity contribution in [3.05, 3.63) is 42.0 Å².